The fourth-order valence-corrected chi connectivity index (χ4v) is 3.67. The van der Waals surface area contributed by atoms with Gasteiger partial charge in [-0.25, -0.2) is 0 Å². The predicted octanol–water partition coefficient (Wildman–Crippen LogP) is 3.52. The summed E-state index contributed by atoms with van der Waals surface area (Å²) in [5.74, 6) is -0.873. The van der Waals surface area contributed by atoms with E-state index in [1.807, 2.05) is 44.2 Å². The third kappa shape index (κ3) is 3.45. The second-order valence-electron chi connectivity index (χ2n) is 6.55. The van der Waals surface area contributed by atoms with Crippen LogP contribution in [0.15, 0.2) is 35.9 Å². The lowest BCUT2D eigenvalue weighted by atomic mass is 10.1. The van der Waals surface area contributed by atoms with E-state index in [-0.39, 0.29) is 10.7 Å². The quantitative estimate of drug-likeness (QED) is 0.501. The standard InChI is InChI=1S/C21H23N3O2S/c1-5-15-7-9-17(10-8-15)24-20(26)18(19(25)22-21(24)27)12-16-11-13(3)23(6-2)14(16)4/h7-12H,5-6H2,1-4H3,(H,22,25,27)/b18-12-. The summed E-state index contributed by atoms with van der Waals surface area (Å²) in [6, 6.07) is 9.60. The van der Waals surface area contributed by atoms with Gasteiger partial charge in [0, 0.05) is 17.9 Å². The Labute approximate surface area is 164 Å². The van der Waals surface area contributed by atoms with Crippen LogP contribution in [0, 0.1) is 13.8 Å². The van der Waals surface area contributed by atoms with Crippen LogP contribution in [0.1, 0.15) is 36.4 Å². The van der Waals surface area contributed by atoms with Crippen molar-refractivity contribution in [2.45, 2.75) is 40.7 Å². The molecule has 0 spiro atoms. The van der Waals surface area contributed by atoms with E-state index in [1.54, 1.807) is 6.08 Å². The highest BCUT2D eigenvalue weighted by molar-refractivity contribution is 7.80. The topological polar surface area (TPSA) is 54.3 Å². The molecular weight excluding hydrogens is 358 g/mol. The van der Waals surface area contributed by atoms with Crippen molar-refractivity contribution < 1.29 is 9.59 Å². The van der Waals surface area contributed by atoms with Gasteiger partial charge < -0.3 is 4.57 Å². The second-order valence-corrected chi connectivity index (χ2v) is 6.94. The van der Waals surface area contributed by atoms with Gasteiger partial charge in [0.2, 0.25) is 0 Å². The molecule has 6 heteroatoms. The Morgan fingerprint density at radius 1 is 1.11 bits per heavy atom. The molecule has 0 bridgehead atoms. The highest BCUT2D eigenvalue weighted by atomic mass is 32.1. The number of aryl methyl sites for hydroxylation is 2. The summed E-state index contributed by atoms with van der Waals surface area (Å²) in [7, 11) is 0. The van der Waals surface area contributed by atoms with Gasteiger partial charge in [0.05, 0.1) is 5.69 Å². The number of benzene rings is 1. The van der Waals surface area contributed by atoms with Crippen molar-refractivity contribution in [3.05, 3.63) is 58.4 Å². The lowest BCUT2D eigenvalue weighted by Gasteiger charge is -2.29. The molecule has 0 saturated carbocycles. The Hall–Kier alpha value is -2.73. The summed E-state index contributed by atoms with van der Waals surface area (Å²) < 4.78 is 2.14. The molecule has 3 rings (SSSR count). The van der Waals surface area contributed by atoms with Crippen molar-refractivity contribution in [3.8, 4) is 0 Å². The minimum absolute atomic E-state index is 0.0829. The molecule has 1 aromatic carbocycles. The van der Waals surface area contributed by atoms with Crippen molar-refractivity contribution in [2.24, 2.45) is 0 Å². The van der Waals surface area contributed by atoms with Crippen molar-refractivity contribution >= 4 is 40.9 Å². The fraction of sp³-hybridized carbons (Fsp3) is 0.286. The van der Waals surface area contributed by atoms with Crippen LogP contribution in [-0.4, -0.2) is 21.5 Å². The summed E-state index contributed by atoms with van der Waals surface area (Å²) in [6.07, 6.45) is 2.56. The molecule has 2 amide bonds. The summed E-state index contributed by atoms with van der Waals surface area (Å²) >= 11 is 5.25. The van der Waals surface area contributed by atoms with Crippen molar-refractivity contribution in [1.82, 2.24) is 9.88 Å². The largest absolute Gasteiger partial charge is 0.349 e. The Balaban J connectivity index is 2.02. The highest BCUT2D eigenvalue weighted by Gasteiger charge is 2.34. The molecule has 1 aliphatic heterocycles. The van der Waals surface area contributed by atoms with Crippen molar-refractivity contribution in [3.63, 3.8) is 0 Å². The fourth-order valence-electron chi connectivity index (χ4n) is 3.39. The number of rotatable bonds is 4. The van der Waals surface area contributed by atoms with Gasteiger partial charge in [-0.2, -0.15) is 0 Å². The molecule has 0 unspecified atom stereocenters. The zero-order valence-corrected chi connectivity index (χ0v) is 16.8. The van der Waals surface area contributed by atoms with Gasteiger partial charge in [-0.15, -0.1) is 0 Å². The maximum absolute atomic E-state index is 13.1. The van der Waals surface area contributed by atoms with Crippen LogP contribution in [0.5, 0.6) is 0 Å². The smallest absolute Gasteiger partial charge is 0.270 e. The summed E-state index contributed by atoms with van der Waals surface area (Å²) in [6.45, 7) is 8.97. The summed E-state index contributed by atoms with van der Waals surface area (Å²) in [5.41, 5.74) is 4.87. The van der Waals surface area contributed by atoms with E-state index in [0.717, 1.165) is 29.9 Å². The predicted molar refractivity (Wildman–Crippen MR) is 112 cm³/mol. The molecule has 0 radical (unpaired) electrons. The molecule has 1 aliphatic rings. The Morgan fingerprint density at radius 2 is 1.78 bits per heavy atom. The molecular formula is C21H23N3O2S. The van der Waals surface area contributed by atoms with Gasteiger partial charge in [0.25, 0.3) is 11.8 Å². The molecule has 2 heterocycles. The number of nitrogens with one attached hydrogen (secondary N) is 1. The molecule has 1 saturated heterocycles. The second kappa shape index (κ2) is 7.48. The number of nitrogens with zero attached hydrogens (tertiary/aromatic N) is 2. The van der Waals surface area contributed by atoms with E-state index < -0.39 is 11.8 Å². The number of thiocarbonyl (C=S) groups is 1. The van der Waals surface area contributed by atoms with Gasteiger partial charge in [-0.1, -0.05) is 19.1 Å². The number of hydrogen-bond acceptors (Lipinski definition) is 3. The number of aromatic nitrogens is 1. The molecule has 27 heavy (non-hydrogen) atoms. The zero-order valence-electron chi connectivity index (χ0n) is 16.0. The molecule has 140 valence electrons. The Kier molecular flexibility index (Phi) is 5.28. The van der Waals surface area contributed by atoms with Crippen LogP contribution in [0.3, 0.4) is 0 Å². The normalized spacial score (nSPS) is 16.2. The zero-order chi connectivity index (χ0) is 19.7. The van der Waals surface area contributed by atoms with E-state index >= 15 is 0 Å². The van der Waals surface area contributed by atoms with Crippen LogP contribution in [0.2, 0.25) is 0 Å². The third-order valence-corrected chi connectivity index (χ3v) is 5.22. The first kappa shape index (κ1) is 19.0. The number of anilines is 1. The molecule has 2 aromatic rings. The number of carbonyl (C=O) groups is 2. The molecule has 1 fully saturated rings. The number of carbonyl (C=O) groups excluding carboxylic acids is 2. The minimum Gasteiger partial charge on any atom is -0.349 e. The summed E-state index contributed by atoms with van der Waals surface area (Å²) in [4.78, 5) is 26.9. The molecule has 0 aliphatic carbocycles. The number of amides is 2. The maximum atomic E-state index is 13.1. The average molecular weight is 382 g/mol. The van der Waals surface area contributed by atoms with E-state index in [9.17, 15) is 9.59 Å². The Morgan fingerprint density at radius 3 is 2.33 bits per heavy atom. The van der Waals surface area contributed by atoms with Crippen molar-refractivity contribution in [2.75, 3.05) is 4.90 Å². The van der Waals surface area contributed by atoms with Gasteiger partial charge >= 0.3 is 0 Å². The number of hydrogen-bond donors (Lipinski definition) is 1. The minimum atomic E-state index is -0.465. The van der Waals surface area contributed by atoms with E-state index in [4.69, 9.17) is 12.2 Å². The lowest BCUT2D eigenvalue weighted by Crippen LogP contribution is -2.54. The van der Waals surface area contributed by atoms with E-state index in [0.29, 0.717) is 5.69 Å². The first-order valence-corrected chi connectivity index (χ1v) is 9.45. The molecule has 5 nitrogen and oxygen atoms in total. The van der Waals surface area contributed by atoms with E-state index in [2.05, 4.69) is 23.7 Å². The molecule has 1 aromatic heterocycles. The van der Waals surface area contributed by atoms with Crippen LogP contribution < -0.4 is 10.2 Å². The van der Waals surface area contributed by atoms with Gasteiger partial charge in [0.15, 0.2) is 5.11 Å². The van der Waals surface area contributed by atoms with Crippen molar-refractivity contribution in [1.29, 1.82) is 0 Å². The van der Waals surface area contributed by atoms with Gasteiger partial charge in [-0.3, -0.25) is 19.8 Å². The van der Waals surface area contributed by atoms with E-state index in [1.165, 1.54) is 10.5 Å². The average Bonchev–Trinajstić information content (AvgIpc) is 2.91. The maximum Gasteiger partial charge on any atom is 0.270 e. The first-order valence-electron chi connectivity index (χ1n) is 9.04. The van der Waals surface area contributed by atoms with Crippen LogP contribution >= 0.6 is 12.2 Å². The first-order chi connectivity index (χ1) is 12.9. The third-order valence-electron chi connectivity index (χ3n) is 4.93. The lowest BCUT2D eigenvalue weighted by molar-refractivity contribution is -0.122. The summed E-state index contributed by atoms with van der Waals surface area (Å²) in [5, 5.41) is 2.74. The van der Waals surface area contributed by atoms with Crippen LogP contribution in [0.25, 0.3) is 6.08 Å². The SMILES string of the molecule is CCc1ccc(N2C(=O)/C(=C\c3cc(C)n(CC)c3C)C(=O)NC2=S)cc1. The monoisotopic (exact) mass is 381 g/mol. The van der Waals surface area contributed by atoms with Gasteiger partial charge in [0.1, 0.15) is 5.57 Å². The molecule has 1 N–H and O–H groups in total. The Bertz CT molecular complexity index is 955. The van der Waals surface area contributed by atoms with Crippen LogP contribution in [-0.2, 0) is 22.6 Å². The van der Waals surface area contributed by atoms with Gasteiger partial charge in [-0.05, 0) is 74.8 Å². The van der Waals surface area contributed by atoms with Crippen LogP contribution in [0.4, 0.5) is 5.69 Å². The molecule has 0 atom stereocenters. The highest BCUT2D eigenvalue weighted by Crippen LogP contribution is 2.24.